The van der Waals surface area contributed by atoms with E-state index >= 15 is 0 Å². The molecule has 0 aliphatic rings. The van der Waals surface area contributed by atoms with Gasteiger partial charge in [-0.3, -0.25) is 0 Å². The molecule has 0 aliphatic carbocycles. The molecule has 0 saturated heterocycles. The summed E-state index contributed by atoms with van der Waals surface area (Å²) < 4.78 is 5.22. The average molecular weight is 298 g/mol. The summed E-state index contributed by atoms with van der Waals surface area (Å²) >= 11 is 0. The quantitative estimate of drug-likeness (QED) is 0.648. The van der Waals surface area contributed by atoms with Crippen molar-refractivity contribution in [2.75, 3.05) is 0 Å². The van der Waals surface area contributed by atoms with E-state index in [9.17, 15) is 9.59 Å². The Labute approximate surface area is 129 Å². The lowest BCUT2D eigenvalue weighted by Gasteiger charge is -2.06. The van der Waals surface area contributed by atoms with E-state index in [1.165, 1.54) is 29.8 Å². The summed E-state index contributed by atoms with van der Waals surface area (Å²) in [5.74, 6) is -1.14. The number of carbonyl (C=O) groups is 2. The molecule has 0 bridgehead atoms. The topological polar surface area (TPSA) is 63.6 Å². The maximum atomic E-state index is 12.0. The molecule has 0 atom stereocenters. The molecule has 4 heteroatoms. The molecule has 0 unspecified atom stereocenters. The molecule has 1 N–H and O–H groups in total. The smallest absolute Gasteiger partial charge is 0.343 e. The summed E-state index contributed by atoms with van der Waals surface area (Å²) in [6.45, 7) is 2.14. The molecule has 0 saturated carbocycles. The van der Waals surface area contributed by atoms with Crippen LogP contribution in [0.3, 0.4) is 0 Å². The fraction of sp³-hybridized carbons (Fsp3) is 0.222. The lowest BCUT2D eigenvalue weighted by molar-refractivity contribution is 0.0696. The van der Waals surface area contributed by atoms with Gasteiger partial charge >= 0.3 is 11.9 Å². The predicted molar refractivity (Wildman–Crippen MR) is 83.4 cm³/mol. The fourth-order valence-electron chi connectivity index (χ4n) is 2.02. The van der Waals surface area contributed by atoms with E-state index in [4.69, 9.17) is 9.84 Å². The van der Waals surface area contributed by atoms with Gasteiger partial charge in [-0.2, -0.15) is 0 Å². The summed E-state index contributed by atoms with van der Waals surface area (Å²) in [5, 5.41) is 8.82. The lowest BCUT2D eigenvalue weighted by atomic mass is 10.1. The van der Waals surface area contributed by atoms with Gasteiger partial charge in [-0.15, -0.1) is 0 Å². The zero-order chi connectivity index (χ0) is 15.9. The van der Waals surface area contributed by atoms with Crippen LogP contribution in [0.2, 0.25) is 0 Å². The SMILES string of the molecule is CCCCc1ccc(C(=O)Oc2ccc(C(=O)O)cc2)cc1. The maximum Gasteiger partial charge on any atom is 0.343 e. The minimum atomic E-state index is -1.01. The first-order valence-electron chi connectivity index (χ1n) is 7.24. The van der Waals surface area contributed by atoms with Crippen LogP contribution in [0.15, 0.2) is 48.5 Å². The van der Waals surface area contributed by atoms with Crippen LogP contribution >= 0.6 is 0 Å². The number of carbonyl (C=O) groups excluding carboxylic acids is 1. The third-order valence-electron chi connectivity index (χ3n) is 3.32. The Morgan fingerprint density at radius 2 is 1.55 bits per heavy atom. The lowest BCUT2D eigenvalue weighted by Crippen LogP contribution is -2.08. The van der Waals surface area contributed by atoms with Gasteiger partial charge in [-0.1, -0.05) is 25.5 Å². The molecule has 0 heterocycles. The Balaban J connectivity index is 2.00. The third kappa shape index (κ3) is 4.19. The van der Waals surface area contributed by atoms with E-state index in [0.29, 0.717) is 11.3 Å². The second-order valence-electron chi connectivity index (χ2n) is 5.02. The first-order chi connectivity index (χ1) is 10.6. The van der Waals surface area contributed by atoms with Crippen LogP contribution in [0.4, 0.5) is 0 Å². The molecule has 0 aliphatic heterocycles. The van der Waals surface area contributed by atoms with Crippen LogP contribution < -0.4 is 4.74 Å². The monoisotopic (exact) mass is 298 g/mol. The predicted octanol–water partition coefficient (Wildman–Crippen LogP) is 3.95. The number of benzene rings is 2. The van der Waals surface area contributed by atoms with Crippen molar-refractivity contribution in [3.8, 4) is 5.75 Å². The second kappa shape index (κ2) is 7.41. The molecule has 4 nitrogen and oxygen atoms in total. The molecule has 0 spiro atoms. The maximum absolute atomic E-state index is 12.0. The number of aryl methyl sites for hydroxylation is 1. The summed E-state index contributed by atoms with van der Waals surface area (Å²) in [6, 6.07) is 13.1. The Morgan fingerprint density at radius 3 is 2.09 bits per heavy atom. The number of hydrogen-bond acceptors (Lipinski definition) is 3. The van der Waals surface area contributed by atoms with Gasteiger partial charge in [-0.25, -0.2) is 9.59 Å². The Hall–Kier alpha value is -2.62. The number of ether oxygens (including phenoxy) is 1. The summed E-state index contributed by atoms with van der Waals surface area (Å²) in [4.78, 5) is 22.8. The molecule has 0 aromatic heterocycles. The second-order valence-corrected chi connectivity index (χ2v) is 5.02. The van der Waals surface area contributed by atoms with Crippen molar-refractivity contribution in [1.29, 1.82) is 0 Å². The molecule has 0 amide bonds. The Bertz CT molecular complexity index is 642. The molecule has 2 aromatic rings. The van der Waals surface area contributed by atoms with Crippen LogP contribution in [-0.4, -0.2) is 17.0 Å². The molecule has 0 fully saturated rings. The minimum absolute atomic E-state index is 0.153. The zero-order valence-electron chi connectivity index (χ0n) is 12.4. The van der Waals surface area contributed by atoms with E-state index in [1.54, 1.807) is 12.1 Å². The Morgan fingerprint density at radius 1 is 0.955 bits per heavy atom. The normalized spacial score (nSPS) is 10.2. The number of hydrogen-bond donors (Lipinski definition) is 1. The Kier molecular flexibility index (Phi) is 5.31. The number of aromatic carboxylic acids is 1. The van der Waals surface area contributed by atoms with E-state index in [1.807, 2.05) is 12.1 Å². The molecule has 0 radical (unpaired) electrons. The largest absolute Gasteiger partial charge is 0.478 e. The van der Waals surface area contributed by atoms with Crippen molar-refractivity contribution in [1.82, 2.24) is 0 Å². The summed E-state index contributed by atoms with van der Waals surface area (Å²) in [6.07, 6.45) is 3.26. The standard InChI is InChI=1S/C18H18O4/c1-2-3-4-13-5-7-15(8-6-13)18(21)22-16-11-9-14(10-12-16)17(19)20/h5-12H,2-4H2,1H3,(H,19,20). The number of esters is 1. The van der Waals surface area contributed by atoms with Crippen molar-refractivity contribution in [3.05, 3.63) is 65.2 Å². The average Bonchev–Trinajstić information content (AvgIpc) is 2.54. The van der Waals surface area contributed by atoms with Crippen molar-refractivity contribution in [3.63, 3.8) is 0 Å². The summed E-state index contributed by atoms with van der Waals surface area (Å²) in [7, 11) is 0. The number of rotatable bonds is 6. The van der Waals surface area contributed by atoms with Gasteiger partial charge in [0.25, 0.3) is 0 Å². The van der Waals surface area contributed by atoms with Gasteiger partial charge in [0.05, 0.1) is 11.1 Å². The van der Waals surface area contributed by atoms with Crippen molar-refractivity contribution < 1.29 is 19.4 Å². The molecule has 2 aromatic carbocycles. The molecular formula is C18H18O4. The van der Waals surface area contributed by atoms with E-state index < -0.39 is 11.9 Å². The highest BCUT2D eigenvalue weighted by Gasteiger charge is 2.09. The minimum Gasteiger partial charge on any atom is -0.478 e. The van der Waals surface area contributed by atoms with Gasteiger partial charge in [-0.05, 0) is 54.8 Å². The highest BCUT2D eigenvalue weighted by atomic mass is 16.5. The van der Waals surface area contributed by atoms with Gasteiger partial charge in [0.1, 0.15) is 5.75 Å². The zero-order valence-corrected chi connectivity index (χ0v) is 12.4. The highest BCUT2D eigenvalue weighted by molar-refractivity contribution is 5.91. The van der Waals surface area contributed by atoms with Crippen molar-refractivity contribution in [2.45, 2.75) is 26.2 Å². The molecule has 2 rings (SSSR count). The number of carboxylic acid groups (broad SMARTS) is 1. The number of unbranched alkanes of at least 4 members (excludes halogenated alkanes) is 1. The van der Waals surface area contributed by atoms with Crippen molar-refractivity contribution in [2.24, 2.45) is 0 Å². The third-order valence-corrected chi connectivity index (χ3v) is 3.32. The van der Waals surface area contributed by atoms with Crippen LogP contribution in [0.1, 0.15) is 46.0 Å². The molecular weight excluding hydrogens is 280 g/mol. The fourth-order valence-corrected chi connectivity index (χ4v) is 2.02. The van der Waals surface area contributed by atoms with E-state index in [0.717, 1.165) is 19.3 Å². The van der Waals surface area contributed by atoms with Gasteiger partial charge in [0.2, 0.25) is 0 Å². The van der Waals surface area contributed by atoms with E-state index in [2.05, 4.69) is 6.92 Å². The van der Waals surface area contributed by atoms with Crippen LogP contribution in [0, 0.1) is 0 Å². The summed E-state index contributed by atoms with van der Waals surface area (Å²) in [5.41, 5.74) is 1.83. The molecule has 114 valence electrons. The first-order valence-corrected chi connectivity index (χ1v) is 7.24. The van der Waals surface area contributed by atoms with Crippen LogP contribution in [0.5, 0.6) is 5.75 Å². The van der Waals surface area contributed by atoms with Crippen molar-refractivity contribution >= 4 is 11.9 Å². The van der Waals surface area contributed by atoms with Gasteiger partial charge in [0, 0.05) is 0 Å². The van der Waals surface area contributed by atoms with Crippen LogP contribution in [0.25, 0.3) is 0 Å². The van der Waals surface area contributed by atoms with E-state index in [-0.39, 0.29) is 5.56 Å². The highest BCUT2D eigenvalue weighted by Crippen LogP contribution is 2.15. The molecule has 22 heavy (non-hydrogen) atoms. The number of carboxylic acids is 1. The van der Waals surface area contributed by atoms with Gasteiger partial charge < -0.3 is 9.84 Å². The first kappa shape index (κ1) is 15.8. The van der Waals surface area contributed by atoms with Gasteiger partial charge in [0.15, 0.2) is 0 Å². The van der Waals surface area contributed by atoms with Crippen LogP contribution in [-0.2, 0) is 6.42 Å².